The van der Waals surface area contributed by atoms with Crippen molar-refractivity contribution in [3.05, 3.63) is 85.1 Å². The summed E-state index contributed by atoms with van der Waals surface area (Å²) in [6.07, 6.45) is 71.5. The number of allylic oxidation sites excluding steroid dienone is 14. The molecule has 0 N–H and O–H groups in total. The molecule has 0 aromatic carbocycles. The number of unbranched alkanes of at least 4 members (excludes halogenated alkanes) is 25. The fourth-order valence-corrected chi connectivity index (χ4v) is 7.70. The highest BCUT2D eigenvalue weighted by Crippen LogP contribution is 2.15. The maximum Gasteiger partial charge on any atom is 0.306 e. The van der Waals surface area contributed by atoms with E-state index < -0.39 is 6.10 Å². The van der Waals surface area contributed by atoms with Crippen molar-refractivity contribution in [3.8, 4) is 0 Å². The van der Waals surface area contributed by atoms with E-state index in [0.29, 0.717) is 19.3 Å². The molecule has 0 saturated carbocycles. The Morgan fingerprint density at radius 1 is 0.313 bits per heavy atom. The first-order chi connectivity index (χ1) is 33.0. The molecule has 0 bridgehead atoms. The first-order valence-corrected chi connectivity index (χ1v) is 28.1. The van der Waals surface area contributed by atoms with Crippen LogP contribution in [0.25, 0.3) is 0 Å². The smallest absolute Gasteiger partial charge is 0.306 e. The fourth-order valence-electron chi connectivity index (χ4n) is 7.70. The van der Waals surface area contributed by atoms with Crippen molar-refractivity contribution in [3.63, 3.8) is 0 Å². The highest BCUT2D eigenvalue weighted by atomic mass is 16.6. The van der Waals surface area contributed by atoms with Crippen molar-refractivity contribution in [2.45, 2.75) is 271 Å². The summed E-state index contributed by atoms with van der Waals surface area (Å²) < 4.78 is 16.8. The zero-order chi connectivity index (χ0) is 48.6. The third kappa shape index (κ3) is 53.4. The van der Waals surface area contributed by atoms with Gasteiger partial charge in [0.2, 0.25) is 0 Å². The Morgan fingerprint density at radius 3 is 1.00 bits per heavy atom. The lowest BCUT2D eigenvalue weighted by Gasteiger charge is -2.18. The quantitative estimate of drug-likeness (QED) is 0.0262. The number of rotatable bonds is 50. The highest BCUT2D eigenvalue weighted by molar-refractivity contribution is 5.71. The summed E-state index contributed by atoms with van der Waals surface area (Å²) in [4.78, 5) is 38.1. The highest BCUT2D eigenvalue weighted by Gasteiger charge is 2.19. The average Bonchev–Trinajstić information content (AvgIpc) is 3.33. The second-order valence-electron chi connectivity index (χ2n) is 18.5. The van der Waals surface area contributed by atoms with Gasteiger partial charge in [0, 0.05) is 19.3 Å². The van der Waals surface area contributed by atoms with Crippen LogP contribution in [0.1, 0.15) is 265 Å². The average molecular weight is 933 g/mol. The Labute approximate surface area is 414 Å². The zero-order valence-corrected chi connectivity index (χ0v) is 43.9. The molecule has 0 aliphatic heterocycles. The van der Waals surface area contributed by atoms with E-state index in [0.717, 1.165) is 89.9 Å². The van der Waals surface area contributed by atoms with Crippen molar-refractivity contribution in [2.24, 2.45) is 0 Å². The molecule has 0 spiro atoms. The van der Waals surface area contributed by atoms with E-state index in [9.17, 15) is 14.4 Å². The molecule has 67 heavy (non-hydrogen) atoms. The number of carbonyl (C=O) groups excluding carboxylic acids is 3. The third-order valence-electron chi connectivity index (χ3n) is 11.9. The first kappa shape index (κ1) is 63.6. The molecule has 0 aromatic rings. The van der Waals surface area contributed by atoms with Gasteiger partial charge in [0.25, 0.3) is 0 Å². The predicted molar refractivity (Wildman–Crippen MR) is 288 cm³/mol. The molecule has 1 unspecified atom stereocenters. The van der Waals surface area contributed by atoms with Gasteiger partial charge in [0.15, 0.2) is 6.10 Å². The maximum atomic E-state index is 12.8. The summed E-state index contributed by atoms with van der Waals surface area (Å²) in [6.45, 7) is 6.46. The van der Waals surface area contributed by atoms with Crippen LogP contribution in [0.2, 0.25) is 0 Å². The molecule has 0 fully saturated rings. The molecule has 0 aromatic heterocycles. The minimum atomic E-state index is -0.810. The number of ether oxygens (including phenoxy) is 3. The van der Waals surface area contributed by atoms with E-state index in [1.807, 2.05) is 6.08 Å². The molecule has 0 aliphatic carbocycles. The van der Waals surface area contributed by atoms with Gasteiger partial charge >= 0.3 is 17.9 Å². The minimum Gasteiger partial charge on any atom is -0.462 e. The molecule has 6 nitrogen and oxygen atoms in total. The van der Waals surface area contributed by atoms with Crippen molar-refractivity contribution in [1.82, 2.24) is 0 Å². The van der Waals surface area contributed by atoms with Crippen LogP contribution in [-0.4, -0.2) is 37.2 Å². The molecule has 384 valence electrons. The second kappa shape index (κ2) is 55.2. The Morgan fingerprint density at radius 2 is 0.612 bits per heavy atom. The molecule has 1 atom stereocenters. The van der Waals surface area contributed by atoms with Crippen LogP contribution in [0.15, 0.2) is 85.1 Å². The Balaban J connectivity index is 4.49. The largest absolute Gasteiger partial charge is 0.462 e. The second-order valence-corrected chi connectivity index (χ2v) is 18.5. The summed E-state index contributed by atoms with van der Waals surface area (Å²) in [7, 11) is 0. The van der Waals surface area contributed by atoms with E-state index in [1.165, 1.54) is 128 Å². The molecule has 0 saturated heterocycles. The number of carbonyl (C=O) groups is 3. The van der Waals surface area contributed by atoms with Crippen LogP contribution < -0.4 is 0 Å². The van der Waals surface area contributed by atoms with E-state index in [-0.39, 0.29) is 37.5 Å². The van der Waals surface area contributed by atoms with Crippen molar-refractivity contribution < 1.29 is 28.6 Å². The van der Waals surface area contributed by atoms with Crippen molar-refractivity contribution in [2.75, 3.05) is 13.2 Å². The van der Waals surface area contributed by atoms with E-state index >= 15 is 0 Å². The third-order valence-corrected chi connectivity index (χ3v) is 11.9. The number of hydrogen-bond acceptors (Lipinski definition) is 6. The van der Waals surface area contributed by atoms with Crippen LogP contribution in [0.4, 0.5) is 0 Å². The zero-order valence-electron chi connectivity index (χ0n) is 43.9. The van der Waals surface area contributed by atoms with Crippen LogP contribution in [0.3, 0.4) is 0 Å². The molecule has 0 heterocycles. The summed E-state index contributed by atoms with van der Waals surface area (Å²) in [5.74, 6) is -0.992. The van der Waals surface area contributed by atoms with E-state index in [2.05, 4.69) is 99.8 Å². The Hall–Kier alpha value is -3.41. The lowest BCUT2D eigenvalue weighted by atomic mass is 10.0. The van der Waals surface area contributed by atoms with Gasteiger partial charge in [-0.25, -0.2) is 0 Å². The molecule has 0 radical (unpaired) electrons. The van der Waals surface area contributed by atoms with Crippen molar-refractivity contribution >= 4 is 17.9 Å². The van der Waals surface area contributed by atoms with Gasteiger partial charge in [-0.05, 0) is 83.5 Å². The van der Waals surface area contributed by atoms with Gasteiger partial charge < -0.3 is 14.2 Å². The van der Waals surface area contributed by atoms with Gasteiger partial charge in [0.05, 0.1) is 0 Å². The normalized spacial score (nSPS) is 12.7. The van der Waals surface area contributed by atoms with Crippen molar-refractivity contribution in [1.29, 1.82) is 0 Å². The number of esters is 3. The van der Waals surface area contributed by atoms with E-state index in [1.54, 1.807) is 0 Å². The van der Waals surface area contributed by atoms with Gasteiger partial charge in [0.1, 0.15) is 13.2 Å². The van der Waals surface area contributed by atoms with Crippen LogP contribution in [0.5, 0.6) is 0 Å². The Bertz CT molecular complexity index is 1300. The van der Waals surface area contributed by atoms with Gasteiger partial charge in [-0.2, -0.15) is 0 Å². The molecule has 0 aliphatic rings. The molecule has 6 heteroatoms. The summed E-state index contributed by atoms with van der Waals surface area (Å²) in [5.41, 5.74) is 0. The van der Waals surface area contributed by atoms with E-state index in [4.69, 9.17) is 14.2 Å². The molecule has 0 rings (SSSR count). The maximum absolute atomic E-state index is 12.8. The standard InChI is InChI=1S/C61H104O6/c1-4-7-10-13-16-19-22-25-28-29-30-31-34-36-39-42-45-48-51-54-60(63)66-57-58(67-61(64)55-52-49-46-43-40-37-33-27-24-21-18-15-12-9-6-3)56-65-59(62)53-50-47-44-41-38-35-32-26-23-20-17-14-11-8-5-2/h7,10,16,19,25,27-28,30-31,33,36,39,45,48,58H,4-6,8-9,11-15,17-18,20-24,26,29,32,34-35,37-38,40-44,46-47,49-57H2,1-3H3/b10-7-,19-16-,28-25-,31-30-,33-27-,39-36-,48-45-. The minimum absolute atomic E-state index is 0.101. The van der Waals surface area contributed by atoms with Gasteiger partial charge in [-0.15, -0.1) is 0 Å². The topological polar surface area (TPSA) is 78.9 Å². The van der Waals surface area contributed by atoms with Crippen LogP contribution in [-0.2, 0) is 28.6 Å². The SMILES string of the molecule is CC/C=C\C/C=C\C/C=C\C/C=C\C/C=C\C/C=C\CCC(=O)OCC(COC(=O)CCCCCCCCCCCCCCCCC)OC(=O)CCCCCCC/C=C\CCCCCCCC. The predicted octanol–water partition coefficient (Wildman–Crippen LogP) is 18.8. The first-order valence-electron chi connectivity index (χ1n) is 28.1. The lowest BCUT2D eigenvalue weighted by Crippen LogP contribution is -2.30. The van der Waals surface area contributed by atoms with Crippen LogP contribution in [0, 0.1) is 0 Å². The summed E-state index contributed by atoms with van der Waals surface area (Å²) in [5, 5.41) is 0. The number of hydrogen-bond donors (Lipinski definition) is 0. The fraction of sp³-hybridized carbons (Fsp3) is 0.721. The van der Waals surface area contributed by atoms with Gasteiger partial charge in [-0.1, -0.05) is 247 Å². The summed E-state index contributed by atoms with van der Waals surface area (Å²) in [6, 6.07) is 0. The van der Waals surface area contributed by atoms with Crippen LogP contribution >= 0.6 is 0 Å². The molecule has 0 amide bonds. The lowest BCUT2D eigenvalue weighted by molar-refractivity contribution is -0.166. The summed E-state index contributed by atoms with van der Waals surface area (Å²) >= 11 is 0. The van der Waals surface area contributed by atoms with Gasteiger partial charge in [-0.3, -0.25) is 14.4 Å². The molecular weight excluding hydrogens is 829 g/mol. The Kier molecular flexibility index (Phi) is 52.4. The molecular formula is C61H104O6. The monoisotopic (exact) mass is 933 g/mol.